The molecule has 1 aromatic carbocycles. The summed E-state index contributed by atoms with van der Waals surface area (Å²) in [6, 6.07) is 10.4. The molecule has 0 spiro atoms. The number of hydrogen-bond donors (Lipinski definition) is 0. The van der Waals surface area contributed by atoms with Crippen LogP contribution in [-0.2, 0) is 17.6 Å². The highest BCUT2D eigenvalue weighted by molar-refractivity contribution is 7.19. The zero-order chi connectivity index (χ0) is 20.0. The van der Waals surface area contributed by atoms with E-state index in [0.29, 0.717) is 32.2 Å². The number of halogens is 1. The van der Waals surface area contributed by atoms with Gasteiger partial charge in [-0.15, -0.1) is 23.7 Å². The fraction of sp³-hybridized carbons (Fsp3) is 0.417. The second-order valence-corrected chi connectivity index (χ2v) is 9.33. The molecule has 1 aliphatic heterocycles. The molecular formula is C24H27ClN2O2S. The first kappa shape index (κ1) is 21.3. The van der Waals surface area contributed by atoms with Crippen molar-refractivity contribution in [2.24, 2.45) is 5.92 Å². The van der Waals surface area contributed by atoms with Crippen LogP contribution in [0.15, 0.2) is 30.3 Å². The van der Waals surface area contributed by atoms with E-state index < -0.39 is 0 Å². The van der Waals surface area contributed by atoms with Gasteiger partial charge in [-0.2, -0.15) is 0 Å². The molecule has 1 amide bonds. The van der Waals surface area contributed by atoms with Crippen molar-refractivity contribution in [1.82, 2.24) is 9.88 Å². The Labute approximate surface area is 187 Å². The highest BCUT2D eigenvalue weighted by Gasteiger charge is 2.30. The maximum Gasteiger partial charge on any atom is 0.256 e. The van der Waals surface area contributed by atoms with Crippen molar-refractivity contribution < 1.29 is 9.53 Å². The highest BCUT2D eigenvalue weighted by Crippen LogP contribution is 2.44. The maximum absolute atomic E-state index is 13.6. The highest BCUT2D eigenvalue weighted by atomic mass is 35.5. The van der Waals surface area contributed by atoms with Gasteiger partial charge in [0.25, 0.3) is 5.91 Å². The third-order valence-electron chi connectivity index (χ3n) is 6.20. The van der Waals surface area contributed by atoms with Crippen LogP contribution in [0.4, 0.5) is 0 Å². The lowest BCUT2D eigenvalue weighted by molar-refractivity contribution is 0.0302. The van der Waals surface area contributed by atoms with Crippen LogP contribution in [0.1, 0.15) is 39.8 Å². The van der Waals surface area contributed by atoms with Gasteiger partial charge in [-0.05, 0) is 43.2 Å². The quantitative estimate of drug-likeness (QED) is 0.541. The van der Waals surface area contributed by atoms with Gasteiger partial charge in [0.1, 0.15) is 4.83 Å². The molecule has 6 heteroatoms. The number of nitrogens with zero attached hydrogens (tertiary/aromatic N) is 2. The van der Waals surface area contributed by atoms with Gasteiger partial charge in [0.05, 0.1) is 24.5 Å². The van der Waals surface area contributed by atoms with E-state index in [4.69, 9.17) is 9.72 Å². The van der Waals surface area contributed by atoms with Gasteiger partial charge < -0.3 is 9.64 Å². The molecule has 3 heterocycles. The number of benzene rings is 1. The molecule has 1 fully saturated rings. The Kier molecular flexibility index (Phi) is 6.14. The van der Waals surface area contributed by atoms with E-state index in [9.17, 15) is 4.79 Å². The van der Waals surface area contributed by atoms with Gasteiger partial charge in [-0.1, -0.05) is 37.3 Å². The molecule has 1 aliphatic carbocycles. The van der Waals surface area contributed by atoms with Crippen LogP contribution in [0, 0.1) is 12.8 Å². The van der Waals surface area contributed by atoms with E-state index in [1.165, 1.54) is 22.2 Å². The van der Waals surface area contributed by atoms with Crippen LogP contribution in [-0.4, -0.2) is 42.1 Å². The summed E-state index contributed by atoms with van der Waals surface area (Å²) >= 11 is 1.83. The number of rotatable bonds is 2. The van der Waals surface area contributed by atoms with Crippen LogP contribution < -0.4 is 0 Å². The first-order valence-corrected chi connectivity index (χ1v) is 11.3. The molecule has 1 unspecified atom stereocenters. The number of fused-ring (bicyclic) bond motifs is 3. The molecule has 30 heavy (non-hydrogen) atoms. The van der Waals surface area contributed by atoms with Gasteiger partial charge in [-0.3, -0.25) is 4.79 Å². The fourth-order valence-corrected chi connectivity index (χ4v) is 6.11. The normalized spacial score (nSPS) is 18.7. The topological polar surface area (TPSA) is 42.4 Å². The molecule has 0 radical (unpaired) electrons. The van der Waals surface area contributed by atoms with Crippen LogP contribution in [0.3, 0.4) is 0 Å². The van der Waals surface area contributed by atoms with Crippen molar-refractivity contribution in [3.8, 4) is 11.1 Å². The van der Waals surface area contributed by atoms with Crippen molar-refractivity contribution in [3.05, 3.63) is 52.0 Å². The number of pyridine rings is 1. The minimum Gasteiger partial charge on any atom is -0.378 e. The summed E-state index contributed by atoms with van der Waals surface area (Å²) in [5.74, 6) is 0.800. The zero-order valence-electron chi connectivity index (χ0n) is 17.4. The largest absolute Gasteiger partial charge is 0.378 e. The van der Waals surface area contributed by atoms with E-state index in [-0.39, 0.29) is 18.3 Å². The third-order valence-corrected chi connectivity index (χ3v) is 7.35. The van der Waals surface area contributed by atoms with E-state index in [1.54, 1.807) is 0 Å². The molecule has 1 atom stereocenters. The molecule has 2 aromatic heterocycles. The minimum atomic E-state index is 0. The van der Waals surface area contributed by atoms with Gasteiger partial charge in [-0.25, -0.2) is 4.98 Å². The Balaban J connectivity index is 0.00000218. The van der Waals surface area contributed by atoms with Crippen LogP contribution >= 0.6 is 23.7 Å². The molecule has 4 nitrogen and oxygen atoms in total. The molecule has 0 N–H and O–H groups in total. The smallest absolute Gasteiger partial charge is 0.256 e. The Morgan fingerprint density at radius 3 is 2.67 bits per heavy atom. The molecule has 158 valence electrons. The summed E-state index contributed by atoms with van der Waals surface area (Å²) in [4.78, 5) is 23.0. The zero-order valence-corrected chi connectivity index (χ0v) is 19.1. The summed E-state index contributed by atoms with van der Waals surface area (Å²) in [5, 5.41) is 1.21. The SMILES string of the molecule is Cc1nc2sc3c(c2c(-c2ccccc2)c1C(=O)N1CCOCC1)CCC(C)C3.Cl. The molecule has 5 rings (SSSR count). The van der Waals surface area contributed by atoms with Gasteiger partial charge in [0, 0.05) is 28.9 Å². The van der Waals surface area contributed by atoms with Crippen LogP contribution in [0.25, 0.3) is 21.3 Å². The van der Waals surface area contributed by atoms with Gasteiger partial charge >= 0.3 is 0 Å². The number of amides is 1. The number of hydrogen-bond acceptors (Lipinski definition) is 4. The van der Waals surface area contributed by atoms with Crippen LogP contribution in [0.2, 0.25) is 0 Å². The first-order valence-electron chi connectivity index (χ1n) is 10.5. The Morgan fingerprint density at radius 1 is 1.20 bits per heavy atom. The predicted molar refractivity (Wildman–Crippen MR) is 125 cm³/mol. The Hall–Kier alpha value is -1.95. The molecule has 2 aliphatic rings. The molecular weight excluding hydrogens is 416 g/mol. The molecule has 0 bridgehead atoms. The summed E-state index contributed by atoms with van der Waals surface area (Å²) in [6.07, 6.45) is 3.40. The fourth-order valence-electron chi connectivity index (χ4n) is 4.67. The number of carbonyl (C=O) groups excluding carboxylic acids is 1. The summed E-state index contributed by atoms with van der Waals surface area (Å²) in [7, 11) is 0. The molecule has 1 saturated heterocycles. The van der Waals surface area contributed by atoms with Crippen molar-refractivity contribution in [1.29, 1.82) is 0 Å². The number of thiophene rings is 1. The van der Waals surface area contributed by atoms with E-state index in [0.717, 1.165) is 40.1 Å². The number of aryl methyl sites for hydroxylation is 2. The lowest BCUT2D eigenvalue weighted by atomic mass is 9.86. The van der Waals surface area contributed by atoms with Crippen molar-refractivity contribution in [3.63, 3.8) is 0 Å². The number of morpholine rings is 1. The van der Waals surface area contributed by atoms with Crippen molar-refractivity contribution in [2.75, 3.05) is 26.3 Å². The van der Waals surface area contributed by atoms with Crippen LogP contribution in [0.5, 0.6) is 0 Å². The standard InChI is InChI=1S/C24H26N2O2S.ClH/c1-15-8-9-18-19(14-15)29-23-22(18)21(17-6-4-3-5-7-17)20(16(2)25-23)24(27)26-10-12-28-13-11-26;/h3-7,15H,8-14H2,1-2H3;1H. The molecule has 0 saturated carbocycles. The average Bonchev–Trinajstić information content (AvgIpc) is 3.10. The second-order valence-electron chi connectivity index (χ2n) is 8.25. The van der Waals surface area contributed by atoms with E-state index in [1.807, 2.05) is 29.2 Å². The van der Waals surface area contributed by atoms with Crippen molar-refractivity contribution >= 4 is 39.9 Å². The third kappa shape index (κ3) is 3.64. The summed E-state index contributed by atoms with van der Waals surface area (Å²) in [5.41, 5.74) is 5.21. The Morgan fingerprint density at radius 2 is 1.93 bits per heavy atom. The average molecular weight is 443 g/mol. The summed E-state index contributed by atoms with van der Waals surface area (Å²) < 4.78 is 5.47. The van der Waals surface area contributed by atoms with E-state index >= 15 is 0 Å². The number of carbonyl (C=O) groups is 1. The lowest BCUT2D eigenvalue weighted by Gasteiger charge is -2.28. The minimum absolute atomic E-state index is 0. The number of ether oxygens (including phenoxy) is 1. The van der Waals surface area contributed by atoms with Gasteiger partial charge in [0.15, 0.2) is 0 Å². The predicted octanol–water partition coefficient (Wildman–Crippen LogP) is 5.29. The first-order chi connectivity index (χ1) is 14.1. The van der Waals surface area contributed by atoms with Crippen molar-refractivity contribution in [2.45, 2.75) is 33.1 Å². The lowest BCUT2D eigenvalue weighted by Crippen LogP contribution is -2.41. The summed E-state index contributed by atoms with van der Waals surface area (Å²) in [6.45, 7) is 6.81. The molecule has 3 aromatic rings. The maximum atomic E-state index is 13.6. The van der Waals surface area contributed by atoms with Gasteiger partial charge in [0.2, 0.25) is 0 Å². The second kappa shape index (κ2) is 8.66. The monoisotopic (exact) mass is 442 g/mol. The van der Waals surface area contributed by atoms with E-state index in [2.05, 4.69) is 31.2 Å². The number of aromatic nitrogens is 1. The Bertz CT molecular complexity index is 1070.